The first-order valence-corrected chi connectivity index (χ1v) is 12.0. The SMILES string of the molecule is CN(CC1CCNC1)c1nc2ccc(NC(=O)Oc3ccc(-c4ccc(F)cc4)cc3)cc2s1. The van der Waals surface area contributed by atoms with Crippen molar-refractivity contribution >= 4 is 38.5 Å². The lowest BCUT2D eigenvalue weighted by Gasteiger charge is -2.19. The van der Waals surface area contributed by atoms with Gasteiger partial charge in [-0.1, -0.05) is 35.6 Å². The predicted molar refractivity (Wildman–Crippen MR) is 135 cm³/mol. The van der Waals surface area contributed by atoms with Gasteiger partial charge in [0.15, 0.2) is 5.13 Å². The average Bonchev–Trinajstić information content (AvgIpc) is 3.50. The van der Waals surface area contributed by atoms with Crippen LogP contribution in [-0.4, -0.2) is 37.8 Å². The molecule has 0 spiro atoms. The Hall–Kier alpha value is -3.49. The van der Waals surface area contributed by atoms with Crippen LogP contribution in [0.1, 0.15) is 6.42 Å². The minimum absolute atomic E-state index is 0.276. The molecule has 1 aliphatic heterocycles. The monoisotopic (exact) mass is 476 g/mol. The minimum Gasteiger partial charge on any atom is -0.410 e. The zero-order valence-corrected chi connectivity index (χ0v) is 19.6. The molecule has 2 N–H and O–H groups in total. The molecule has 174 valence electrons. The van der Waals surface area contributed by atoms with Gasteiger partial charge in [0.05, 0.1) is 10.2 Å². The number of anilines is 2. The lowest BCUT2D eigenvalue weighted by molar-refractivity contribution is 0.215. The third-order valence-corrected chi connectivity index (χ3v) is 7.02. The van der Waals surface area contributed by atoms with Crippen LogP contribution >= 0.6 is 11.3 Å². The van der Waals surface area contributed by atoms with Gasteiger partial charge in [0.1, 0.15) is 11.6 Å². The van der Waals surface area contributed by atoms with Crippen molar-refractivity contribution in [1.29, 1.82) is 0 Å². The molecule has 4 aromatic rings. The number of nitrogens with one attached hydrogen (secondary N) is 2. The van der Waals surface area contributed by atoms with Gasteiger partial charge in [0.2, 0.25) is 0 Å². The van der Waals surface area contributed by atoms with Crippen molar-refractivity contribution in [1.82, 2.24) is 10.3 Å². The van der Waals surface area contributed by atoms with E-state index < -0.39 is 6.09 Å². The summed E-state index contributed by atoms with van der Waals surface area (Å²) in [6.07, 6.45) is 0.630. The first kappa shape index (κ1) is 22.3. The number of carbonyl (C=O) groups excluding carboxylic acids is 1. The molecule has 5 rings (SSSR count). The van der Waals surface area contributed by atoms with Crippen molar-refractivity contribution in [2.75, 3.05) is 36.9 Å². The number of amides is 1. The molecule has 2 heterocycles. The molecule has 1 saturated heterocycles. The average molecular weight is 477 g/mol. The highest BCUT2D eigenvalue weighted by atomic mass is 32.1. The van der Waals surface area contributed by atoms with Crippen molar-refractivity contribution in [3.8, 4) is 16.9 Å². The zero-order valence-electron chi connectivity index (χ0n) is 18.8. The van der Waals surface area contributed by atoms with E-state index in [-0.39, 0.29) is 5.82 Å². The quantitative estimate of drug-likeness (QED) is 0.370. The van der Waals surface area contributed by atoms with Crippen molar-refractivity contribution in [3.05, 3.63) is 72.5 Å². The summed E-state index contributed by atoms with van der Waals surface area (Å²) in [5, 5.41) is 7.16. The molecule has 0 saturated carbocycles. The van der Waals surface area contributed by atoms with E-state index in [1.807, 2.05) is 30.3 Å². The lowest BCUT2D eigenvalue weighted by atomic mass is 10.1. The zero-order chi connectivity index (χ0) is 23.5. The summed E-state index contributed by atoms with van der Waals surface area (Å²) >= 11 is 1.61. The normalized spacial score (nSPS) is 15.4. The molecule has 0 bridgehead atoms. The van der Waals surface area contributed by atoms with Crippen LogP contribution < -0.4 is 20.3 Å². The molecule has 1 aromatic heterocycles. The van der Waals surface area contributed by atoms with E-state index >= 15 is 0 Å². The number of halogens is 1. The fourth-order valence-corrected chi connectivity index (χ4v) is 5.07. The smallest absolute Gasteiger partial charge is 0.410 e. The molecular formula is C26H25FN4O2S. The third kappa shape index (κ3) is 5.18. The van der Waals surface area contributed by atoms with Crippen molar-refractivity contribution in [2.45, 2.75) is 6.42 Å². The number of carbonyl (C=O) groups is 1. The predicted octanol–water partition coefficient (Wildman–Crippen LogP) is 5.76. The topological polar surface area (TPSA) is 66.5 Å². The molecule has 1 unspecified atom stereocenters. The first-order chi connectivity index (χ1) is 16.5. The number of rotatable bonds is 6. The van der Waals surface area contributed by atoms with Crippen LogP contribution in [-0.2, 0) is 0 Å². The molecule has 1 atom stereocenters. The number of fused-ring (bicyclic) bond motifs is 1. The van der Waals surface area contributed by atoms with Gasteiger partial charge in [0.25, 0.3) is 0 Å². The Balaban J connectivity index is 1.21. The summed E-state index contributed by atoms with van der Waals surface area (Å²) in [6.45, 7) is 3.12. The third-order valence-electron chi connectivity index (χ3n) is 5.89. The maximum absolute atomic E-state index is 13.1. The van der Waals surface area contributed by atoms with Crippen LogP contribution in [0.25, 0.3) is 21.3 Å². The van der Waals surface area contributed by atoms with E-state index in [2.05, 4.69) is 22.6 Å². The molecule has 1 fully saturated rings. The van der Waals surface area contributed by atoms with E-state index in [9.17, 15) is 9.18 Å². The first-order valence-electron chi connectivity index (χ1n) is 11.2. The van der Waals surface area contributed by atoms with E-state index in [0.29, 0.717) is 17.4 Å². The number of hydrogen-bond donors (Lipinski definition) is 2. The second kappa shape index (κ2) is 9.79. The second-order valence-corrected chi connectivity index (χ2v) is 9.47. The molecule has 1 amide bonds. The van der Waals surface area contributed by atoms with E-state index in [1.165, 1.54) is 18.6 Å². The summed E-state index contributed by atoms with van der Waals surface area (Å²) in [5.74, 6) is 0.795. The summed E-state index contributed by atoms with van der Waals surface area (Å²) < 4.78 is 19.5. The second-order valence-electron chi connectivity index (χ2n) is 8.46. The van der Waals surface area contributed by atoms with Gasteiger partial charge >= 0.3 is 6.09 Å². The molecule has 0 aliphatic carbocycles. The van der Waals surface area contributed by atoms with Gasteiger partial charge in [-0.25, -0.2) is 14.2 Å². The number of ether oxygens (including phenoxy) is 1. The van der Waals surface area contributed by atoms with Gasteiger partial charge in [-0.15, -0.1) is 0 Å². The minimum atomic E-state index is -0.565. The Morgan fingerprint density at radius 3 is 2.59 bits per heavy atom. The molecule has 6 nitrogen and oxygen atoms in total. The van der Waals surface area contributed by atoms with E-state index in [1.54, 1.807) is 35.6 Å². The molecule has 0 radical (unpaired) electrons. The van der Waals surface area contributed by atoms with Gasteiger partial charge in [-0.2, -0.15) is 0 Å². The number of thiazole rings is 1. The fourth-order valence-electron chi connectivity index (χ4n) is 4.10. The van der Waals surface area contributed by atoms with Crippen LogP contribution in [0.4, 0.5) is 20.0 Å². The summed E-state index contributed by atoms with van der Waals surface area (Å²) in [7, 11) is 2.08. The highest BCUT2D eigenvalue weighted by Crippen LogP contribution is 2.31. The molecule has 3 aromatic carbocycles. The Kier molecular flexibility index (Phi) is 6.42. The number of benzene rings is 3. The molecule has 34 heavy (non-hydrogen) atoms. The van der Waals surface area contributed by atoms with Crippen LogP contribution in [0, 0.1) is 11.7 Å². The largest absolute Gasteiger partial charge is 0.417 e. The van der Waals surface area contributed by atoms with Gasteiger partial charge in [0, 0.05) is 19.3 Å². The fraction of sp³-hybridized carbons (Fsp3) is 0.231. The Bertz CT molecular complexity index is 1280. The lowest BCUT2D eigenvalue weighted by Crippen LogP contribution is -2.26. The maximum atomic E-state index is 13.1. The maximum Gasteiger partial charge on any atom is 0.417 e. The summed E-state index contributed by atoms with van der Waals surface area (Å²) in [6, 6.07) is 19.0. The van der Waals surface area contributed by atoms with Gasteiger partial charge < -0.3 is 15.0 Å². The molecule has 8 heteroatoms. The standard InChI is InChI=1S/C26H25FN4O2S/c1-31(16-17-12-13-28-15-17)25-30-23-11-8-21(14-24(23)34-25)29-26(32)33-22-9-4-19(5-10-22)18-2-6-20(27)7-3-18/h2-11,14,17,28H,12-13,15-16H2,1H3,(H,29,32). The van der Waals surface area contributed by atoms with Crippen LogP contribution in [0.3, 0.4) is 0 Å². The Morgan fingerprint density at radius 1 is 1.15 bits per heavy atom. The molecule has 1 aliphatic rings. The Labute approximate surface area is 201 Å². The van der Waals surface area contributed by atoms with Crippen molar-refractivity contribution in [2.24, 2.45) is 5.92 Å². The summed E-state index contributed by atoms with van der Waals surface area (Å²) in [4.78, 5) is 19.4. The van der Waals surface area contributed by atoms with Crippen LogP contribution in [0.15, 0.2) is 66.7 Å². The number of hydrogen-bond acceptors (Lipinski definition) is 6. The highest BCUT2D eigenvalue weighted by Gasteiger charge is 2.18. The van der Waals surface area contributed by atoms with Crippen molar-refractivity contribution < 1.29 is 13.9 Å². The van der Waals surface area contributed by atoms with Crippen LogP contribution in [0.5, 0.6) is 5.75 Å². The van der Waals surface area contributed by atoms with E-state index in [0.717, 1.165) is 46.1 Å². The number of aromatic nitrogens is 1. The molecular weight excluding hydrogens is 451 g/mol. The summed E-state index contributed by atoms with van der Waals surface area (Å²) in [5.41, 5.74) is 3.36. The highest BCUT2D eigenvalue weighted by molar-refractivity contribution is 7.22. The van der Waals surface area contributed by atoms with Gasteiger partial charge in [-0.3, -0.25) is 5.32 Å². The van der Waals surface area contributed by atoms with Crippen molar-refractivity contribution in [3.63, 3.8) is 0 Å². The van der Waals surface area contributed by atoms with E-state index in [4.69, 9.17) is 9.72 Å². The van der Waals surface area contributed by atoms with Gasteiger partial charge in [-0.05, 0) is 79.0 Å². The number of nitrogens with zero attached hydrogens (tertiary/aromatic N) is 2. The Morgan fingerprint density at radius 2 is 1.88 bits per heavy atom. The van der Waals surface area contributed by atoms with Crippen LogP contribution in [0.2, 0.25) is 0 Å².